The van der Waals surface area contributed by atoms with E-state index in [9.17, 15) is 9.59 Å². The first-order chi connectivity index (χ1) is 14.2. The van der Waals surface area contributed by atoms with Crippen LogP contribution in [0.3, 0.4) is 0 Å². The van der Waals surface area contributed by atoms with Crippen molar-refractivity contribution in [3.05, 3.63) is 71.8 Å². The van der Waals surface area contributed by atoms with E-state index in [1.165, 1.54) is 5.56 Å². The second-order valence-electron chi connectivity index (χ2n) is 8.10. The molecule has 1 N–H and O–H groups in total. The van der Waals surface area contributed by atoms with Crippen molar-refractivity contribution in [2.75, 3.05) is 19.6 Å². The van der Waals surface area contributed by atoms with E-state index >= 15 is 0 Å². The molecule has 2 aliphatic rings. The summed E-state index contributed by atoms with van der Waals surface area (Å²) in [6.07, 6.45) is 3.36. The van der Waals surface area contributed by atoms with Crippen LogP contribution in [-0.2, 0) is 17.8 Å². The van der Waals surface area contributed by atoms with Gasteiger partial charge < -0.3 is 15.1 Å². The number of hydrogen-bond donors (Lipinski definition) is 1. The predicted molar refractivity (Wildman–Crippen MR) is 113 cm³/mol. The van der Waals surface area contributed by atoms with Gasteiger partial charge in [0.15, 0.2) is 0 Å². The molecule has 2 atom stereocenters. The number of nitrogens with one attached hydrogen (secondary N) is 1. The predicted octanol–water partition coefficient (Wildman–Crippen LogP) is 3.45. The number of rotatable bonds is 5. The number of benzene rings is 2. The molecule has 4 rings (SSSR count). The highest BCUT2D eigenvalue weighted by Gasteiger charge is 2.41. The van der Waals surface area contributed by atoms with Gasteiger partial charge in [-0.15, -0.1) is 0 Å². The van der Waals surface area contributed by atoms with Crippen LogP contribution >= 0.6 is 0 Å². The quantitative estimate of drug-likeness (QED) is 0.849. The third kappa shape index (κ3) is 4.78. The van der Waals surface area contributed by atoms with Gasteiger partial charge in [-0.25, -0.2) is 4.79 Å². The van der Waals surface area contributed by atoms with Crippen LogP contribution in [0.2, 0.25) is 0 Å². The molecule has 5 nitrogen and oxygen atoms in total. The van der Waals surface area contributed by atoms with E-state index in [1.807, 2.05) is 46.2 Å². The van der Waals surface area contributed by atoms with E-state index in [0.29, 0.717) is 32.0 Å². The monoisotopic (exact) mass is 391 g/mol. The van der Waals surface area contributed by atoms with Gasteiger partial charge >= 0.3 is 6.03 Å². The Balaban J connectivity index is 1.37. The van der Waals surface area contributed by atoms with Gasteiger partial charge in [-0.2, -0.15) is 0 Å². The summed E-state index contributed by atoms with van der Waals surface area (Å²) in [4.78, 5) is 29.4. The highest BCUT2D eigenvalue weighted by molar-refractivity contribution is 5.78. The Labute approximate surface area is 172 Å². The molecular weight excluding hydrogens is 362 g/mol. The summed E-state index contributed by atoms with van der Waals surface area (Å²) in [6.45, 7) is 2.62. The van der Waals surface area contributed by atoms with Crippen LogP contribution in [0.25, 0.3) is 0 Å². The standard InChI is InChI=1S/C24H29N3O2/c28-23-13-7-12-21-17-26(24(29)25-15-14-19-8-3-1-4-9-19)18-22(21)27(23)16-20-10-5-2-6-11-20/h1-6,8-11,21-22H,7,12-18H2,(H,25,29)/t21-,22+/m1/s1. The summed E-state index contributed by atoms with van der Waals surface area (Å²) >= 11 is 0. The molecule has 0 bridgehead atoms. The van der Waals surface area contributed by atoms with Crippen molar-refractivity contribution >= 4 is 11.9 Å². The van der Waals surface area contributed by atoms with Crippen molar-refractivity contribution < 1.29 is 9.59 Å². The van der Waals surface area contributed by atoms with Crippen LogP contribution in [0.4, 0.5) is 4.79 Å². The zero-order valence-corrected chi connectivity index (χ0v) is 16.8. The van der Waals surface area contributed by atoms with Crippen molar-refractivity contribution in [1.82, 2.24) is 15.1 Å². The number of hydrogen-bond acceptors (Lipinski definition) is 2. The Morgan fingerprint density at radius 1 is 0.966 bits per heavy atom. The van der Waals surface area contributed by atoms with Crippen molar-refractivity contribution in [3.63, 3.8) is 0 Å². The zero-order valence-electron chi connectivity index (χ0n) is 16.8. The van der Waals surface area contributed by atoms with Crippen molar-refractivity contribution in [2.45, 2.75) is 38.3 Å². The summed E-state index contributed by atoms with van der Waals surface area (Å²) in [5.74, 6) is 0.581. The Morgan fingerprint density at radius 3 is 2.38 bits per heavy atom. The van der Waals surface area contributed by atoms with E-state index in [4.69, 9.17) is 0 Å². The molecule has 0 saturated carbocycles. The summed E-state index contributed by atoms with van der Waals surface area (Å²) in [5, 5.41) is 3.06. The number of nitrogens with zero attached hydrogens (tertiary/aromatic N) is 2. The number of amides is 3. The third-order valence-corrected chi connectivity index (χ3v) is 6.11. The molecule has 0 spiro atoms. The molecule has 0 aromatic heterocycles. The smallest absolute Gasteiger partial charge is 0.317 e. The van der Waals surface area contributed by atoms with Gasteiger partial charge in [0.25, 0.3) is 0 Å². The highest BCUT2D eigenvalue weighted by Crippen LogP contribution is 2.31. The van der Waals surface area contributed by atoms with E-state index in [0.717, 1.165) is 31.4 Å². The van der Waals surface area contributed by atoms with Gasteiger partial charge in [0.05, 0.1) is 6.04 Å². The Morgan fingerprint density at radius 2 is 1.66 bits per heavy atom. The van der Waals surface area contributed by atoms with Gasteiger partial charge in [-0.1, -0.05) is 60.7 Å². The molecule has 3 amide bonds. The van der Waals surface area contributed by atoms with Crippen LogP contribution in [0.5, 0.6) is 0 Å². The number of urea groups is 1. The van der Waals surface area contributed by atoms with Crippen LogP contribution in [0.1, 0.15) is 30.4 Å². The molecule has 152 valence electrons. The minimum atomic E-state index is -0.0129. The fraction of sp³-hybridized carbons (Fsp3) is 0.417. The minimum absolute atomic E-state index is 0.0129. The Bertz CT molecular complexity index is 825. The fourth-order valence-electron chi connectivity index (χ4n) is 4.56. The molecule has 2 aliphatic heterocycles. The van der Waals surface area contributed by atoms with Crippen molar-refractivity contribution in [2.24, 2.45) is 5.92 Å². The third-order valence-electron chi connectivity index (χ3n) is 6.11. The summed E-state index contributed by atoms with van der Waals surface area (Å²) in [7, 11) is 0. The minimum Gasteiger partial charge on any atom is -0.338 e. The van der Waals surface area contributed by atoms with E-state index in [-0.39, 0.29) is 18.0 Å². The van der Waals surface area contributed by atoms with Crippen LogP contribution in [0, 0.1) is 5.92 Å². The zero-order chi connectivity index (χ0) is 20.1. The van der Waals surface area contributed by atoms with Gasteiger partial charge in [0.2, 0.25) is 5.91 Å². The first kappa shape index (κ1) is 19.5. The van der Waals surface area contributed by atoms with E-state index in [2.05, 4.69) is 29.6 Å². The number of carbonyl (C=O) groups excluding carboxylic acids is 2. The van der Waals surface area contributed by atoms with Crippen LogP contribution < -0.4 is 5.32 Å². The molecule has 5 heteroatoms. The maximum absolute atomic E-state index is 12.8. The summed E-state index contributed by atoms with van der Waals surface area (Å²) in [6, 6.07) is 20.4. The molecule has 0 unspecified atom stereocenters. The number of likely N-dealkylation sites (tertiary alicyclic amines) is 2. The normalized spacial score (nSPS) is 21.6. The highest BCUT2D eigenvalue weighted by atomic mass is 16.2. The Hall–Kier alpha value is -2.82. The Kier molecular flexibility index (Phi) is 6.13. The summed E-state index contributed by atoms with van der Waals surface area (Å²) < 4.78 is 0. The first-order valence-corrected chi connectivity index (χ1v) is 10.6. The topological polar surface area (TPSA) is 52.7 Å². The molecule has 29 heavy (non-hydrogen) atoms. The lowest BCUT2D eigenvalue weighted by molar-refractivity contribution is -0.133. The largest absolute Gasteiger partial charge is 0.338 e. The molecular formula is C24H29N3O2. The molecule has 2 saturated heterocycles. The maximum Gasteiger partial charge on any atom is 0.317 e. The second kappa shape index (κ2) is 9.12. The first-order valence-electron chi connectivity index (χ1n) is 10.6. The molecule has 2 heterocycles. The van der Waals surface area contributed by atoms with Gasteiger partial charge in [0.1, 0.15) is 0 Å². The van der Waals surface area contributed by atoms with E-state index < -0.39 is 0 Å². The summed E-state index contributed by atoms with van der Waals surface area (Å²) in [5.41, 5.74) is 2.37. The molecule has 0 radical (unpaired) electrons. The lowest BCUT2D eigenvalue weighted by Gasteiger charge is -2.30. The fourth-order valence-corrected chi connectivity index (χ4v) is 4.56. The van der Waals surface area contributed by atoms with Crippen molar-refractivity contribution in [3.8, 4) is 0 Å². The van der Waals surface area contributed by atoms with Gasteiger partial charge in [-0.3, -0.25) is 4.79 Å². The maximum atomic E-state index is 12.8. The molecule has 2 aromatic carbocycles. The average molecular weight is 392 g/mol. The number of fused-ring (bicyclic) bond motifs is 1. The molecule has 0 aliphatic carbocycles. The molecule has 2 aromatic rings. The molecule has 2 fully saturated rings. The van der Waals surface area contributed by atoms with Crippen LogP contribution in [-0.4, -0.2) is 47.4 Å². The van der Waals surface area contributed by atoms with E-state index in [1.54, 1.807) is 0 Å². The van der Waals surface area contributed by atoms with Gasteiger partial charge in [0, 0.05) is 32.6 Å². The van der Waals surface area contributed by atoms with Crippen molar-refractivity contribution in [1.29, 1.82) is 0 Å². The second-order valence-corrected chi connectivity index (χ2v) is 8.10. The lowest BCUT2D eigenvalue weighted by atomic mass is 9.98. The van der Waals surface area contributed by atoms with Crippen LogP contribution in [0.15, 0.2) is 60.7 Å². The van der Waals surface area contributed by atoms with Gasteiger partial charge in [-0.05, 0) is 36.3 Å². The average Bonchev–Trinajstić information content (AvgIpc) is 3.11. The lowest BCUT2D eigenvalue weighted by Crippen LogP contribution is -2.44. The number of carbonyl (C=O) groups is 2. The SMILES string of the molecule is O=C(NCCc1ccccc1)N1C[C@H]2CCCC(=O)N(Cc3ccccc3)[C@H]2C1.